The van der Waals surface area contributed by atoms with E-state index in [2.05, 4.69) is 10.3 Å². The van der Waals surface area contributed by atoms with Crippen LogP contribution in [0.1, 0.15) is 16.1 Å². The fourth-order valence-electron chi connectivity index (χ4n) is 2.69. The summed E-state index contributed by atoms with van der Waals surface area (Å²) in [4.78, 5) is 16.5. The molecule has 27 heavy (non-hydrogen) atoms. The van der Waals surface area contributed by atoms with E-state index in [1.54, 1.807) is 37.4 Å². The van der Waals surface area contributed by atoms with Gasteiger partial charge in [-0.05, 0) is 42.3 Å². The Labute approximate surface area is 155 Å². The monoisotopic (exact) mass is 370 g/mol. The van der Waals surface area contributed by atoms with Gasteiger partial charge in [-0.1, -0.05) is 12.1 Å². The van der Waals surface area contributed by atoms with Crippen LogP contribution in [0.25, 0.3) is 11.3 Å². The molecular weight excluding hydrogens is 351 g/mol. The van der Waals surface area contributed by atoms with E-state index in [-0.39, 0.29) is 17.4 Å². The van der Waals surface area contributed by atoms with E-state index in [9.17, 15) is 9.18 Å². The maximum Gasteiger partial charge on any atom is 0.273 e. The second kappa shape index (κ2) is 8.35. The van der Waals surface area contributed by atoms with Gasteiger partial charge in [0.15, 0.2) is 29.3 Å². The lowest BCUT2D eigenvalue weighted by Gasteiger charge is -2.09. The average molecular weight is 370 g/mol. The lowest BCUT2D eigenvalue weighted by Crippen LogP contribution is -2.26. The summed E-state index contributed by atoms with van der Waals surface area (Å²) in [6, 6.07) is 11.5. The molecule has 0 radical (unpaired) electrons. The molecule has 1 heterocycles. The summed E-state index contributed by atoms with van der Waals surface area (Å²) in [7, 11) is 3.07. The smallest absolute Gasteiger partial charge is 0.273 e. The molecule has 0 aliphatic heterocycles. The Morgan fingerprint density at radius 1 is 1.15 bits per heavy atom. The second-order valence-electron chi connectivity index (χ2n) is 5.74. The zero-order valence-electron chi connectivity index (χ0n) is 15.0. The molecule has 1 N–H and O–H groups in total. The summed E-state index contributed by atoms with van der Waals surface area (Å²) in [6.45, 7) is 0.348. The van der Waals surface area contributed by atoms with Gasteiger partial charge in [0.2, 0.25) is 0 Å². The number of rotatable bonds is 7. The molecule has 7 heteroatoms. The van der Waals surface area contributed by atoms with Gasteiger partial charge >= 0.3 is 0 Å². The zero-order chi connectivity index (χ0) is 19.2. The van der Waals surface area contributed by atoms with Crippen LogP contribution in [0.3, 0.4) is 0 Å². The Bertz CT molecular complexity index is 939. The number of amides is 1. The molecule has 0 aliphatic carbocycles. The predicted molar refractivity (Wildman–Crippen MR) is 97.5 cm³/mol. The molecule has 0 bridgehead atoms. The summed E-state index contributed by atoms with van der Waals surface area (Å²) < 4.78 is 29.1. The SMILES string of the molecule is COc1ccc(-c2ocnc2C(=O)NCCc2cccc(F)c2)cc1OC. The first-order valence-electron chi connectivity index (χ1n) is 8.31. The number of hydrogen-bond donors (Lipinski definition) is 1. The number of halogens is 1. The third-order valence-corrected chi connectivity index (χ3v) is 4.02. The van der Waals surface area contributed by atoms with E-state index < -0.39 is 0 Å². The number of benzene rings is 2. The van der Waals surface area contributed by atoms with Crippen molar-refractivity contribution >= 4 is 5.91 Å². The number of aromatic nitrogens is 1. The Kier molecular flexibility index (Phi) is 5.71. The van der Waals surface area contributed by atoms with Crippen molar-refractivity contribution in [1.29, 1.82) is 0 Å². The van der Waals surface area contributed by atoms with Crippen molar-refractivity contribution in [2.24, 2.45) is 0 Å². The van der Waals surface area contributed by atoms with Crippen LogP contribution < -0.4 is 14.8 Å². The van der Waals surface area contributed by atoms with Gasteiger partial charge in [0.1, 0.15) is 5.82 Å². The number of methoxy groups -OCH3 is 2. The Hall–Kier alpha value is -3.35. The van der Waals surface area contributed by atoms with Gasteiger partial charge in [0, 0.05) is 12.1 Å². The Balaban J connectivity index is 1.71. The molecular formula is C20H19FN2O4. The van der Waals surface area contributed by atoms with Crippen LogP contribution in [0, 0.1) is 5.82 Å². The van der Waals surface area contributed by atoms with Crippen molar-refractivity contribution in [3.63, 3.8) is 0 Å². The molecule has 0 fully saturated rings. The van der Waals surface area contributed by atoms with E-state index in [0.29, 0.717) is 35.8 Å². The fraction of sp³-hybridized carbons (Fsp3) is 0.200. The molecule has 6 nitrogen and oxygen atoms in total. The predicted octanol–water partition coefficient (Wildman–Crippen LogP) is 3.47. The van der Waals surface area contributed by atoms with Crippen LogP contribution in [0.2, 0.25) is 0 Å². The standard InChI is InChI=1S/C20H19FN2O4/c1-25-16-7-6-14(11-17(16)26-2)19-18(23-12-27-19)20(24)22-9-8-13-4-3-5-15(21)10-13/h3-7,10-12H,8-9H2,1-2H3,(H,22,24). The largest absolute Gasteiger partial charge is 0.493 e. The van der Waals surface area contributed by atoms with E-state index >= 15 is 0 Å². The third kappa shape index (κ3) is 4.25. The van der Waals surface area contributed by atoms with Crippen LogP contribution in [0.15, 0.2) is 53.3 Å². The van der Waals surface area contributed by atoms with Gasteiger partial charge < -0.3 is 19.2 Å². The average Bonchev–Trinajstić information content (AvgIpc) is 3.17. The summed E-state index contributed by atoms with van der Waals surface area (Å²) in [5.74, 6) is 0.751. The van der Waals surface area contributed by atoms with Gasteiger partial charge in [-0.3, -0.25) is 4.79 Å². The lowest BCUT2D eigenvalue weighted by molar-refractivity contribution is 0.0950. The van der Waals surface area contributed by atoms with Crippen LogP contribution in [0.5, 0.6) is 11.5 Å². The van der Waals surface area contributed by atoms with E-state index in [0.717, 1.165) is 5.56 Å². The van der Waals surface area contributed by atoms with Crippen LogP contribution >= 0.6 is 0 Å². The van der Waals surface area contributed by atoms with Gasteiger partial charge in [-0.25, -0.2) is 9.37 Å². The number of ether oxygens (including phenoxy) is 2. The molecule has 1 aromatic heterocycles. The normalized spacial score (nSPS) is 10.5. The quantitative estimate of drug-likeness (QED) is 0.689. The van der Waals surface area contributed by atoms with Crippen molar-refractivity contribution < 1.29 is 23.1 Å². The molecule has 140 valence electrons. The summed E-state index contributed by atoms with van der Waals surface area (Å²) in [6.07, 6.45) is 1.72. The van der Waals surface area contributed by atoms with Gasteiger partial charge in [-0.15, -0.1) is 0 Å². The van der Waals surface area contributed by atoms with Crippen molar-refractivity contribution in [1.82, 2.24) is 10.3 Å². The number of hydrogen-bond acceptors (Lipinski definition) is 5. The first-order valence-corrected chi connectivity index (χ1v) is 8.31. The Morgan fingerprint density at radius 3 is 2.70 bits per heavy atom. The maximum absolute atomic E-state index is 13.2. The number of nitrogens with one attached hydrogen (secondary N) is 1. The highest BCUT2D eigenvalue weighted by Crippen LogP contribution is 2.33. The van der Waals surface area contributed by atoms with E-state index in [1.807, 2.05) is 0 Å². The molecule has 0 saturated heterocycles. The van der Waals surface area contributed by atoms with Crippen molar-refractivity contribution in [3.8, 4) is 22.8 Å². The first kappa shape index (κ1) is 18.4. The minimum Gasteiger partial charge on any atom is -0.493 e. The molecule has 0 spiro atoms. The minimum atomic E-state index is -0.370. The zero-order valence-corrected chi connectivity index (χ0v) is 15.0. The number of carbonyl (C=O) groups excluding carboxylic acids is 1. The topological polar surface area (TPSA) is 73.6 Å². The molecule has 0 saturated carbocycles. The first-order chi connectivity index (χ1) is 13.1. The summed E-state index contributed by atoms with van der Waals surface area (Å²) in [5, 5.41) is 2.77. The highest BCUT2D eigenvalue weighted by Gasteiger charge is 2.19. The number of nitrogens with zero attached hydrogens (tertiary/aromatic N) is 1. The van der Waals surface area contributed by atoms with Crippen LogP contribution in [0.4, 0.5) is 4.39 Å². The molecule has 1 amide bonds. The van der Waals surface area contributed by atoms with Gasteiger partial charge in [0.25, 0.3) is 5.91 Å². The number of carbonyl (C=O) groups is 1. The Morgan fingerprint density at radius 2 is 1.96 bits per heavy atom. The van der Waals surface area contributed by atoms with Gasteiger partial charge in [0.05, 0.1) is 14.2 Å². The van der Waals surface area contributed by atoms with Crippen LogP contribution in [-0.4, -0.2) is 31.7 Å². The van der Waals surface area contributed by atoms with Crippen molar-refractivity contribution in [3.05, 3.63) is 65.9 Å². The molecule has 3 rings (SSSR count). The second-order valence-corrected chi connectivity index (χ2v) is 5.74. The lowest BCUT2D eigenvalue weighted by atomic mass is 10.1. The van der Waals surface area contributed by atoms with E-state index in [1.165, 1.54) is 25.6 Å². The minimum absolute atomic E-state index is 0.168. The fourth-order valence-corrected chi connectivity index (χ4v) is 2.69. The maximum atomic E-state index is 13.2. The molecule has 0 aliphatic rings. The molecule has 2 aromatic carbocycles. The van der Waals surface area contributed by atoms with E-state index in [4.69, 9.17) is 13.9 Å². The van der Waals surface area contributed by atoms with Crippen LogP contribution in [-0.2, 0) is 6.42 Å². The highest BCUT2D eigenvalue weighted by molar-refractivity contribution is 5.97. The number of oxazole rings is 1. The summed E-state index contributed by atoms with van der Waals surface area (Å²) in [5.41, 5.74) is 1.61. The molecule has 0 unspecified atom stereocenters. The highest BCUT2D eigenvalue weighted by atomic mass is 19.1. The molecule has 0 atom stereocenters. The molecule has 3 aromatic rings. The van der Waals surface area contributed by atoms with Gasteiger partial charge in [-0.2, -0.15) is 0 Å². The third-order valence-electron chi connectivity index (χ3n) is 4.02. The summed E-state index contributed by atoms with van der Waals surface area (Å²) >= 11 is 0. The van der Waals surface area contributed by atoms with Crippen molar-refractivity contribution in [2.45, 2.75) is 6.42 Å². The van der Waals surface area contributed by atoms with Crippen molar-refractivity contribution in [2.75, 3.05) is 20.8 Å².